The zero-order valence-electron chi connectivity index (χ0n) is 18.5. The number of carbonyl (C=O) groups excluding carboxylic acids is 2. The van der Waals surface area contributed by atoms with Gasteiger partial charge in [0.05, 0.1) is 11.6 Å². The Morgan fingerprint density at radius 3 is 2.59 bits per heavy atom. The van der Waals surface area contributed by atoms with Gasteiger partial charge in [-0.2, -0.15) is 5.10 Å². The molecule has 0 saturated carbocycles. The Labute approximate surface area is 186 Å². The van der Waals surface area contributed by atoms with Crippen LogP contribution in [-0.2, 0) is 9.59 Å². The molecule has 0 radical (unpaired) electrons. The molecule has 1 saturated heterocycles. The number of hydrogen-bond donors (Lipinski definition) is 2. The van der Waals surface area contributed by atoms with Crippen molar-refractivity contribution in [1.29, 1.82) is 0 Å². The zero-order chi connectivity index (χ0) is 22.7. The Bertz CT molecular complexity index is 1120. The van der Waals surface area contributed by atoms with Gasteiger partial charge < -0.3 is 15.5 Å². The third kappa shape index (κ3) is 4.77. The number of hydrogen-bond acceptors (Lipinski definition) is 6. The van der Waals surface area contributed by atoms with Crippen LogP contribution in [0.3, 0.4) is 0 Å². The van der Waals surface area contributed by atoms with Crippen molar-refractivity contribution in [1.82, 2.24) is 25.3 Å². The van der Waals surface area contributed by atoms with Crippen LogP contribution in [0.1, 0.15) is 23.2 Å². The number of amides is 2. The molecule has 9 nitrogen and oxygen atoms in total. The summed E-state index contributed by atoms with van der Waals surface area (Å²) in [5, 5.41) is 18.6. The first kappa shape index (κ1) is 21.5. The van der Waals surface area contributed by atoms with E-state index < -0.39 is 0 Å². The molecule has 4 rings (SSSR count). The lowest BCUT2D eigenvalue weighted by Crippen LogP contribution is -2.35. The number of nitrogens with zero attached hydrogens (tertiary/aromatic N) is 5. The Hall–Kier alpha value is -3.75. The van der Waals surface area contributed by atoms with Gasteiger partial charge in [0, 0.05) is 37.9 Å². The molecule has 1 aliphatic rings. The second-order valence-electron chi connectivity index (χ2n) is 8.07. The zero-order valence-corrected chi connectivity index (χ0v) is 18.5. The summed E-state index contributed by atoms with van der Waals surface area (Å²) >= 11 is 0. The van der Waals surface area contributed by atoms with Crippen molar-refractivity contribution in [2.45, 2.75) is 27.2 Å². The van der Waals surface area contributed by atoms with Gasteiger partial charge in [0.15, 0.2) is 5.82 Å². The predicted octanol–water partition coefficient (Wildman–Crippen LogP) is 2.17. The predicted molar refractivity (Wildman–Crippen MR) is 122 cm³/mol. The molecule has 2 N–H and O–H groups in total. The fourth-order valence-electron chi connectivity index (χ4n) is 3.63. The highest BCUT2D eigenvalue weighted by Crippen LogP contribution is 2.26. The second-order valence-corrected chi connectivity index (χ2v) is 8.07. The van der Waals surface area contributed by atoms with Gasteiger partial charge >= 0.3 is 0 Å². The van der Waals surface area contributed by atoms with Crippen LogP contribution in [0.2, 0.25) is 0 Å². The van der Waals surface area contributed by atoms with E-state index >= 15 is 0 Å². The van der Waals surface area contributed by atoms with Crippen molar-refractivity contribution in [3.8, 4) is 5.82 Å². The molecular formula is C23H27N7O2. The summed E-state index contributed by atoms with van der Waals surface area (Å²) in [6, 6.07) is 11.5. The summed E-state index contributed by atoms with van der Waals surface area (Å²) in [6.45, 7) is 7.30. The highest BCUT2D eigenvalue weighted by atomic mass is 16.2. The summed E-state index contributed by atoms with van der Waals surface area (Å²) in [5.41, 5.74) is 4.07. The largest absolute Gasteiger partial charge is 0.367 e. The molecule has 166 valence electrons. The molecule has 1 aromatic carbocycles. The smallest absolute Gasteiger partial charge is 0.227 e. The van der Waals surface area contributed by atoms with Crippen LogP contribution >= 0.6 is 0 Å². The van der Waals surface area contributed by atoms with Crippen LogP contribution in [0.25, 0.3) is 5.82 Å². The SMILES string of the molecule is Cc1ccn(-c2ccc(NCCNC(=O)C3CC(=O)N(c4ccc(C)c(C)c4)C3)nn2)n1. The van der Waals surface area contributed by atoms with Crippen LogP contribution < -0.4 is 15.5 Å². The van der Waals surface area contributed by atoms with Crippen molar-refractivity contribution in [3.05, 3.63) is 59.4 Å². The van der Waals surface area contributed by atoms with Crippen molar-refractivity contribution >= 4 is 23.3 Å². The van der Waals surface area contributed by atoms with Gasteiger partial charge in [-0.05, 0) is 62.2 Å². The Morgan fingerprint density at radius 2 is 1.91 bits per heavy atom. The standard InChI is InChI=1S/C23H27N7O2/c1-15-4-5-19(12-16(15)2)29-14-18(13-22(29)31)23(32)25-10-9-24-20-6-7-21(27-26-20)30-11-8-17(3)28-30/h4-8,11-12,18H,9-10,13-14H2,1-3H3,(H,24,26)(H,25,32). The van der Waals surface area contributed by atoms with Gasteiger partial charge in [0.1, 0.15) is 5.82 Å². The molecule has 2 amide bonds. The lowest BCUT2D eigenvalue weighted by Gasteiger charge is -2.18. The summed E-state index contributed by atoms with van der Waals surface area (Å²) in [4.78, 5) is 26.7. The van der Waals surface area contributed by atoms with Crippen LogP contribution in [0.15, 0.2) is 42.6 Å². The van der Waals surface area contributed by atoms with Crippen molar-refractivity contribution in [3.63, 3.8) is 0 Å². The average molecular weight is 434 g/mol. The third-order valence-electron chi connectivity index (χ3n) is 5.64. The Morgan fingerprint density at radius 1 is 1.06 bits per heavy atom. The average Bonchev–Trinajstić information content (AvgIpc) is 3.39. The van der Waals surface area contributed by atoms with Gasteiger partial charge in [-0.1, -0.05) is 6.07 Å². The van der Waals surface area contributed by atoms with Crippen molar-refractivity contribution in [2.24, 2.45) is 5.92 Å². The molecule has 3 aromatic rings. The summed E-state index contributed by atoms with van der Waals surface area (Å²) in [5.74, 6) is 0.775. The van der Waals surface area contributed by atoms with E-state index in [9.17, 15) is 9.59 Å². The lowest BCUT2D eigenvalue weighted by atomic mass is 10.1. The molecule has 1 aliphatic heterocycles. The molecule has 1 unspecified atom stereocenters. The second kappa shape index (κ2) is 9.17. The van der Waals surface area contributed by atoms with Gasteiger partial charge in [0.25, 0.3) is 0 Å². The highest BCUT2D eigenvalue weighted by Gasteiger charge is 2.35. The molecule has 32 heavy (non-hydrogen) atoms. The van der Waals surface area contributed by atoms with Gasteiger partial charge in [-0.15, -0.1) is 10.2 Å². The van der Waals surface area contributed by atoms with E-state index in [0.717, 1.165) is 16.9 Å². The highest BCUT2D eigenvalue weighted by molar-refractivity contribution is 6.00. The maximum absolute atomic E-state index is 12.5. The van der Waals surface area contributed by atoms with E-state index in [1.807, 2.05) is 63.4 Å². The number of anilines is 2. The van der Waals surface area contributed by atoms with E-state index in [0.29, 0.717) is 31.3 Å². The molecule has 1 atom stereocenters. The summed E-state index contributed by atoms with van der Waals surface area (Å²) < 4.78 is 1.66. The molecule has 3 heterocycles. The fourth-order valence-corrected chi connectivity index (χ4v) is 3.63. The van der Waals surface area contributed by atoms with Crippen molar-refractivity contribution < 1.29 is 9.59 Å². The van der Waals surface area contributed by atoms with E-state index in [4.69, 9.17) is 0 Å². The third-order valence-corrected chi connectivity index (χ3v) is 5.64. The van der Waals surface area contributed by atoms with E-state index in [1.165, 1.54) is 5.56 Å². The summed E-state index contributed by atoms with van der Waals surface area (Å²) in [6.07, 6.45) is 2.06. The molecule has 0 spiro atoms. The van der Waals surface area contributed by atoms with E-state index in [2.05, 4.69) is 25.9 Å². The molecule has 2 aromatic heterocycles. The lowest BCUT2D eigenvalue weighted by molar-refractivity contribution is -0.126. The number of benzene rings is 1. The Kier molecular flexibility index (Phi) is 6.16. The Balaban J connectivity index is 1.24. The van der Waals surface area contributed by atoms with Crippen LogP contribution in [0.4, 0.5) is 11.5 Å². The minimum absolute atomic E-state index is 0.0192. The number of carbonyl (C=O) groups is 2. The fraction of sp³-hybridized carbons (Fsp3) is 0.348. The molecule has 9 heteroatoms. The van der Waals surface area contributed by atoms with Crippen LogP contribution in [-0.4, -0.2) is 51.4 Å². The quantitative estimate of drug-likeness (QED) is 0.554. The number of nitrogens with one attached hydrogen (secondary N) is 2. The van der Waals surface area contributed by atoms with Crippen LogP contribution in [0.5, 0.6) is 0 Å². The maximum atomic E-state index is 12.5. The first-order chi connectivity index (χ1) is 15.4. The topological polar surface area (TPSA) is 105 Å². The monoisotopic (exact) mass is 433 g/mol. The minimum Gasteiger partial charge on any atom is -0.367 e. The van der Waals surface area contributed by atoms with E-state index in [-0.39, 0.29) is 24.2 Å². The number of rotatable bonds is 7. The first-order valence-corrected chi connectivity index (χ1v) is 10.7. The number of aryl methyl sites for hydroxylation is 3. The van der Waals surface area contributed by atoms with Gasteiger partial charge in [0.2, 0.25) is 11.8 Å². The van der Waals surface area contributed by atoms with Gasteiger partial charge in [-0.25, -0.2) is 4.68 Å². The molecule has 0 bridgehead atoms. The van der Waals surface area contributed by atoms with Gasteiger partial charge in [-0.3, -0.25) is 9.59 Å². The molecule has 0 aliphatic carbocycles. The number of aromatic nitrogens is 4. The van der Waals surface area contributed by atoms with Crippen molar-refractivity contribution in [2.75, 3.05) is 29.9 Å². The van der Waals surface area contributed by atoms with E-state index in [1.54, 1.807) is 9.58 Å². The van der Waals surface area contributed by atoms with Crippen LogP contribution in [0, 0.1) is 26.7 Å². The molecule has 1 fully saturated rings. The maximum Gasteiger partial charge on any atom is 0.227 e. The minimum atomic E-state index is -0.347. The normalized spacial score (nSPS) is 15.8. The summed E-state index contributed by atoms with van der Waals surface area (Å²) in [7, 11) is 0. The molecular weight excluding hydrogens is 406 g/mol. The first-order valence-electron chi connectivity index (χ1n) is 10.7.